The Morgan fingerprint density at radius 1 is 1.36 bits per heavy atom. The van der Waals surface area contributed by atoms with E-state index in [1.165, 1.54) is 0 Å². The Labute approximate surface area is 83.6 Å². The van der Waals surface area contributed by atoms with Crippen LogP contribution >= 0.6 is 0 Å². The van der Waals surface area contributed by atoms with Gasteiger partial charge < -0.3 is 15.5 Å². The van der Waals surface area contributed by atoms with Gasteiger partial charge in [-0.25, -0.2) is 4.98 Å². The standard InChI is InChI=1S/C10H16N2O2/c1-2-10(7-13,8-14)12-9-5-3-4-6-11-9/h3-6,13-14H,2,7-8H2,1H3,(H,11,12). The van der Waals surface area contributed by atoms with Crippen LogP contribution in [0.15, 0.2) is 24.4 Å². The summed E-state index contributed by atoms with van der Waals surface area (Å²) in [6.45, 7) is 1.68. The Morgan fingerprint density at radius 2 is 2.07 bits per heavy atom. The molecule has 4 heteroatoms. The summed E-state index contributed by atoms with van der Waals surface area (Å²) in [5.74, 6) is 0.664. The number of hydrogen-bond acceptors (Lipinski definition) is 4. The maximum atomic E-state index is 9.19. The summed E-state index contributed by atoms with van der Waals surface area (Å²) in [7, 11) is 0. The van der Waals surface area contributed by atoms with Gasteiger partial charge in [0.2, 0.25) is 0 Å². The molecule has 1 rings (SSSR count). The molecule has 0 aromatic carbocycles. The molecular weight excluding hydrogens is 180 g/mol. The number of rotatable bonds is 5. The number of nitrogens with one attached hydrogen (secondary N) is 1. The molecule has 1 aromatic rings. The summed E-state index contributed by atoms with van der Waals surface area (Å²) in [6, 6.07) is 5.47. The second-order valence-corrected chi connectivity index (χ2v) is 3.29. The van der Waals surface area contributed by atoms with E-state index in [2.05, 4.69) is 10.3 Å². The minimum absolute atomic E-state index is 0.115. The molecule has 1 heterocycles. The summed E-state index contributed by atoms with van der Waals surface area (Å²) in [5.41, 5.74) is -0.672. The van der Waals surface area contributed by atoms with Gasteiger partial charge in [-0.2, -0.15) is 0 Å². The van der Waals surface area contributed by atoms with Crippen molar-refractivity contribution in [3.8, 4) is 0 Å². The largest absolute Gasteiger partial charge is 0.394 e. The van der Waals surface area contributed by atoms with Gasteiger partial charge in [0.15, 0.2) is 0 Å². The molecule has 0 aliphatic rings. The molecule has 0 aliphatic carbocycles. The monoisotopic (exact) mass is 196 g/mol. The van der Waals surface area contributed by atoms with E-state index in [0.717, 1.165) is 0 Å². The van der Waals surface area contributed by atoms with Crippen molar-refractivity contribution in [3.63, 3.8) is 0 Å². The number of aromatic nitrogens is 1. The first-order valence-electron chi connectivity index (χ1n) is 4.67. The molecule has 0 atom stereocenters. The zero-order valence-corrected chi connectivity index (χ0v) is 8.27. The number of pyridine rings is 1. The number of aliphatic hydroxyl groups is 2. The van der Waals surface area contributed by atoms with Crippen molar-refractivity contribution in [1.29, 1.82) is 0 Å². The molecule has 1 aromatic heterocycles. The highest BCUT2D eigenvalue weighted by atomic mass is 16.3. The van der Waals surface area contributed by atoms with E-state index in [1.807, 2.05) is 19.1 Å². The van der Waals surface area contributed by atoms with E-state index in [0.29, 0.717) is 12.2 Å². The van der Waals surface area contributed by atoms with Crippen LogP contribution in [-0.2, 0) is 0 Å². The van der Waals surface area contributed by atoms with Crippen LogP contribution < -0.4 is 5.32 Å². The van der Waals surface area contributed by atoms with Gasteiger partial charge in [0.05, 0.1) is 18.8 Å². The van der Waals surface area contributed by atoms with E-state index < -0.39 is 5.54 Å². The molecule has 0 saturated carbocycles. The minimum Gasteiger partial charge on any atom is -0.394 e. The van der Waals surface area contributed by atoms with E-state index in [9.17, 15) is 10.2 Å². The third-order valence-corrected chi connectivity index (χ3v) is 2.34. The Bertz CT molecular complexity index is 252. The van der Waals surface area contributed by atoms with E-state index in [4.69, 9.17) is 0 Å². The Hall–Kier alpha value is -1.13. The summed E-state index contributed by atoms with van der Waals surface area (Å²) in [4.78, 5) is 4.07. The minimum atomic E-state index is -0.672. The fraction of sp³-hybridized carbons (Fsp3) is 0.500. The Kier molecular flexibility index (Phi) is 3.85. The van der Waals surface area contributed by atoms with Gasteiger partial charge in [-0.05, 0) is 18.6 Å². The molecule has 0 spiro atoms. The van der Waals surface area contributed by atoms with Gasteiger partial charge >= 0.3 is 0 Å². The first-order valence-corrected chi connectivity index (χ1v) is 4.67. The molecular formula is C10H16N2O2. The van der Waals surface area contributed by atoms with Crippen LogP contribution in [-0.4, -0.2) is 33.9 Å². The summed E-state index contributed by atoms with van der Waals surface area (Å²) in [6.07, 6.45) is 2.30. The van der Waals surface area contributed by atoms with Crippen molar-refractivity contribution < 1.29 is 10.2 Å². The molecule has 4 nitrogen and oxygen atoms in total. The summed E-state index contributed by atoms with van der Waals surface area (Å²) < 4.78 is 0. The van der Waals surface area contributed by atoms with Gasteiger partial charge in [0, 0.05) is 6.20 Å². The lowest BCUT2D eigenvalue weighted by Gasteiger charge is -2.30. The van der Waals surface area contributed by atoms with Gasteiger partial charge in [-0.3, -0.25) is 0 Å². The maximum Gasteiger partial charge on any atom is 0.126 e. The highest BCUT2D eigenvalue weighted by Crippen LogP contribution is 2.15. The van der Waals surface area contributed by atoms with Gasteiger partial charge in [-0.1, -0.05) is 13.0 Å². The van der Waals surface area contributed by atoms with E-state index in [1.54, 1.807) is 12.3 Å². The van der Waals surface area contributed by atoms with E-state index >= 15 is 0 Å². The van der Waals surface area contributed by atoms with Crippen molar-refractivity contribution in [3.05, 3.63) is 24.4 Å². The second kappa shape index (κ2) is 4.93. The fourth-order valence-electron chi connectivity index (χ4n) is 1.15. The lowest BCUT2D eigenvalue weighted by atomic mass is 9.98. The van der Waals surface area contributed by atoms with Crippen LogP contribution in [0.5, 0.6) is 0 Å². The SMILES string of the molecule is CCC(CO)(CO)Nc1ccccn1. The predicted octanol–water partition coefficient (Wildman–Crippen LogP) is 0.627. The van der Waals surface area contributed by atoms with Gasteiger partial charge in [-0.15, -0.1) is 0 Å². The zero-order chi connectivity index (χ0) is 10.4. The highest BCUT2D eigenvalue weighted by Gasteiger charge is 2.26. The molecule has 0 aliphatic heterocycles. The lowest BCUT2D eigenvalue weighted by Crippen LogP contribution is -2.45. The van der Waals surface area contributed by atoms with Gasteiger partial charge in [0.1, 0.15) is 5.82 Å². The number of anilines is 1. The quantitative estimate of drug-likeness (QED) is 0.646. The molecule has 0 fully saturated rings. The lowest BCUT2D eigenvalue weighted by molar-refractivity contribution is 0.132. The molecule has 0 radical (unpaired) electrons. The average Bonchev–Trinajstić information content (AvgIpc) is 2.28. The van der Waals surface area contributed by atoms with Crippen LogP contribution in [0.4, 0.5) is 5.82 Å². The molecule has 14 heavy (non-hydrogen) atoms. The van der Waals surface area contributed by atoms with E-state index in [-0.39, 0.29) is 13.2 Å². The molecule has 0 bridgehead atoms. The van der Waals surface area contributed by atoms with Crippen molar-refractivity contribution in [2.75, 3.05) is 18.5 Å². The zero-order valence-electron chi connectivity index (χ0n) is 8.27. The van der Waals surface area contributed by atoms with Crippen molar-refractivity contribution in [2.24, 2.45) is 0 Å². The third kappa shape index (κ3) is 2.43. The number of hydrogen-bond donors (Lipinski definition) is 3. The summed E-state index contributed by atoms with van der Waals surface area (Å²) in [5, 5.41) is 21.4. The van der Waals surface area contributed by atoms with Crippen molar-refractivity contribution in [2.45, 2.75) is 18.9 Å². The second-order valence-electron chi connectivity index (χ2n) is 3.29. The third-order valence-electron chi connectivity index (χ3n) is 2.34. The fourth-order valence-corrected chi connectivity index (χ4v) is 1.15. The van der Waals surface area contributed by atoms with Gasteiger partial charge in [0.25, 0.3) is 0 Å². The van der Waals surface area contributed by atoms with Crippen LogP contribution in [0, 0.1) is 0 Å². The molecule has 78 valence electrons. The maximum absolute atomic E-state index is 9.19. The molecule has 0 saturated heterocycles. The number of aliphatic hydroxyl groups excluding tert-OH is 2. The Morgan fingerprint density at radius 3 is 2.50 bits per heavy atom. The molecule has 0 amide bonds. The Balaban J connectivity index is 2.74. The molecule has 0 unspecified atom stereocenters. The van der Waals surface area contributed by atoms with Crippen LogP contribution in [0.1, 0.15) is 13.3 Å². The first kappa shape index (κ1) is 10.9. The highest BCUT2D eigenvalue weighted by molar-refractivity contribution is 5.37. The van der Waals surface area contributed by atoms with Crippen molar-refractivity contribution in [1.82, 2.24) is 4.98 Å². The van der Waals surface area contributed by atoms with Crippen LogP contribution in [0.2, 0.25) is 0 Å². The normalized spacial score (nSPS) is 11.4. The van der Waals surface area contributed by atoms with Crippen LogP contribution in [0.3, 0.4) is 0 Å². The predicted molar refractivity (Wildman–Crippen MR) is 55.1 cm³/mol. The van der Waals surface area contributed by atoms with Crippen LogP contribution in [0.25, 0.3) is 0 Å². The molecule has 3 N–H and O–H groups in total. The van der Waals surface area contributed by atoms with Crippen molar-refractivity contribution >= 4 is 5.82 Å². The summed E-state index contributed by atoms with van der Waals surface area (Å²) >= 11 is 0. The topological polar surface area (TPSA) is 65.4 Å². The smallest absolute Gasteiger partial charge is 0.126 e. The number of nitrogens with zero attached hydrogens (tertiary/aromatic N) is 1. The first-order chi connectivity index (χ1) is 6.76. The average molecular weight is 196 g/mol.